The van der Waals surface area contributed by atoms with Gasteiger partial charge in [0.1, 0.15) is 0 Å². The summed E-state index contributed by atoms with van der Waals surface area (Å²) in [6, 6.07) is 12.0. The molecular formula is C16H16N2O. The summed E-state index contributed by atoms with van der Waals surface area (Å²) in [7, 11) is 0. The highest BCUT2D eigenvalue weighted by Gasteiger charge is 2.11. The molecule has 2 heterocycles. The SMILES string of the molecule is Cc1cc(C(N)Cc2ccoc2)nc2ccccc12. The van der Waals surface area contributed by atoms with Gasteiger partial charge in [0.05, 0.1) is 29.8 Å². The van der Waals surface area contributed by atoms with Crippen LogP contribution in [0.4, 0.5) is 0 Å². The third kappa shape index (κ3) is 2.37. The van der Waals surface area contributed by atoms with Gasteiger partial charge in [-0.3, -0.25) is 4.98 Å². The normalized spacial score (nSPS) is 12.7. The van der Waals surface area contributed by atoms with Crippen molar-refractivity contribution in [3.8, 4) is 0 Å². The van der Waals surface area contributed by atoms with Crippen LogP contribution in [0.25, 0.3) is 10.9 Å². The number of nitrogens with zero attached hydrogens (tertiary/aromatic N) is 1. The molecule has 0 saturated carbocycles. The van der Waals surface area contributed by atoms with Gasteiger partial charge < -0.3 is 10.2 Å². The molecule has 1 atom stereocenters. The molecule has 3 heteroatoms. The molecule has 0 saturated heterocycles. The van der Waals surface area contributed by atoms with E-state index in [4.69, 9.17) is 10.2 Å². The maximum absolute atomic E-state index is 6.24. The second-order valence-corrected chi connectivity index (χ2v) is 4.82. The number of para-hydroxylation sites is 1. The molecule has 3 nitrogen and oxygen atoms in total. The molecule has 0 aliphatic carbocycles. The van der Waals surface area contributed by atoms with E-state index in [2.05, 4.69) is 24.0 Å². The lowest BCUT2D eigenvalue weighted by Crippen LogP contribution is -2.15. The van der Waals surface area contributed by atoms with Gasteiger partial charge >= 0.3 is 0 Å². The summed E-state index contributed by atoms with van der Waals surface area (Å²) in [6.45, 7) is 2.10. The summed E-state index contributed by atoms with van der Waals surface area (Å²) >= 11 is 0. The van der Waals surface area contributed by atoms with Gasteiger partial charge in [-0.25, -0.2) is 0 Å². The molecule has 0 fully saturated rings. The van der Waals surface area contributed by atoms with Crippen LogP contribution in [-0.2, 0) is 6.42 Å². The lowest BCUT2D eigenvalue weighted by Gasteiger charge is -2.12. The number of furan rings is 1. The number of aryl methyl sites for hydroxylation is 1. The fourth-order valence-electron chi connectivity index (χ4n) is 2.33. The molecule has 3 aromatic rings. The van der Waals surface area contributed by atoms with Crippen molar-refractivity contribution in [2.45, 2.75) is 19.4 Å². The maximum atomic E-state index is 6.24. The number of hydrogen-bond acceptors (Lipinski definition) is 3. The van der Waals surface area contributed by atoms with Gasteiger partial charge in [0, 0.05) is 5.39 Å². The van der Waals surface area contributed by atoms with Gasteiger partial charge in [-0.15, -0.1) is 0 Å². The van der Waals surface area contributed by atoms with Crippen molar-refractivity contribution in [1.29, 1.82) is 0 Å². The fraction of sp³-hybridized carbons (Fsp3) is 0.188. The third-order valence-electron chi connectivity index (χ3n) is 3.36. The van der Waals surface area contributed by atoms with E-state index in [1.165, 1.54) is 10.9 Å². The summed E-state index contributed by atoms with van der Waals surface area (Å²) in [4.78, 5) is 4.66. The highest BCUT2D eigenvalue weighted by molar-refractivity contribution is 5.82. The first-order chi connectivity index (χ1) is 9.24. The Balaban J connectivity index is 1.96. The number of pyridine rings is 1. The summed E-state index contributed by atoms with van der Waals surface area (Å²) in [5.74, 6) is 0. The van der Waals surface area contributed by atoms with Crippen LogP contribution in [0.3, 0.4) is 0 Å². The Morgan fingerprint density at radius 1 is 1.26 bits per heavy atom. The lowest BCUT2D eigenvalue weighted by molar-refractivity contribution is 0.560. The number of benzene rings is 1. The van der Waals surface area contributed by atoms with Crippen molar-refractivity contribution < 1.29 is 4.42 Å². The van der Waals surface area contributed by atoms with E-state index in [9.17, 15) is 0 Å². The summed E-state index contributed by atoms with van der Waals surface area (Å²) in [5, 5.41) is 1.18. The Morgan fingerprint density at radius 3 is 2.89 bits per heavy atom. The van der Waals surface area contributed by atoms with Crippen molar-refractivity contribution in [2.75, 3.05) is 0 Å². The smallest absolute Gasteiger partial charge is 0.0935 e. The minimum Gasteiger partial charge on any atom is -0.472 e. The van der Waals surface area contributed by atoms with Crippen LogP contribution in [0.5, 0.6) is 0 Å². The van der Waals surface area contributed by atoms with E-state index in [1.54, 1.807) is 12.5 Å². The zero-order valence-electron chi connectivity index (χ0n) is 10.8. The van der Waals surface area contributed by atoms with Gasteiger partial charge in [-0.05, 0) is 42.7 Å². The van der Waals surface area contributed by atoms with Crippen molar-refractivity contribution in [1.82, 2.24) is 4.98 Å². The molecule has 0 bridgehead atoms. The first-order valence-electron chi connectivity index (χ1n) is 6.37. The van der Waals surface area contributed by atoms with E-state index in [0.29, 0.717) is 0 Å². The van der Waals surface area contributed by atoms with Crippen molar-refractivity contribution >= 4 is 10.9 Å². The molecule has 0 aliphatic rings. The number of rotatable bonds is 3. The van der Waals surface area contributed by atoms with E-state index in [-0.39, 0.29) is 6.04 Å². The van der Waals surface area contributed by atoms with E-state index in [1.807, 2.05) is 24.3 Å². The molecule has 1 unspecified atom stereocenters. The standard InChI is InChI=1S/C16H16N2O/c1-11-8-16(14(17)9-12-6-7-19-10-12)18-15-5-3-2-4-13(11)15/h2-8,10,14H,9,17H2,1H3. The zero-order valence-corrected chi connectivity index (χ0v) is 10.8. The monoisotopic (exact) mass is 252 g/mol. The Labute approximate surface area is 112 Å². The van der Waals surface area contributed by atoms with Crippen LogP contribution in [0.2, 0.25) is 0 Å². The number of hydrogen-bond donors (Lipinski definition) is 1. The Hall–Kier alpha value is -2.13. The summed E-state index contributed by atoms with van der Waals surface area (Å²) in [5.41, 5.74) is 10.5. The quantitative estimate of drug-likeness (QED) is 0.777. The van der Waals surface area contributed by atoms with Crippen molar-refractivity contribution in [3.05, 3.63) is 65.7 Å². The largest absolute Gasteiger partial charge is 0.472 e. The van der Waals surface area contributed by atoms with Crippen molar-refractivity contribution in [2.24, 2.45) is 5.73 Å². The van der Waals surface area contributed by atoms with E-state index < -0.39 is 0 Å². The molecule has 1 aromatic carbocycles. The molecule has 2 N–H and O–H groups in total. The average molecular weight is 252 g/mol. The third-order valence-corrected chi connectivity index (χ3v) is 3.36. The van der Waals surface area contributed by atoms with Gasteiger partial charge in [-0.2, -0.15) is 0 Å². The molecule has 96 valence electrons. The minimum atomic E-state index is -0.110. The summed E-state index contributed by atoms with van der Waals surface area (Å²) < 4.78 is 5.07. The Bertz CT molecular complexity index is 689. The topological polar surface area (TPSA) is 52.0 Å². The molecule has 19 heavy (non-hydrogen) atoms. The molecule has 0 spiro atoms. The second kappa shape index (κ2) is 4.86. The van der Waals surface area contributed by atoms with Crippen LogP contribution < -0.4 is 5.73 Å². The Morgan fingerprint density at radius 2 is 2.11 bits per heavy atom. The molecule has 0 amide bonds. The molecule has 2 aromatic heterocycles. The lowest BCUT2D eigenvalue weighted by atomic mass is 10.0. The van der Waals surface area contributed by atoms with Gasteiger partial charge in [0.2, 0.25) is 0 Å². The average Bonchev–Trinajstić information content (AvgIpc) is 2.91. The molecule has 3 rings (SSSR count). The van der Waals surface area contributed by atoms with Gasteiger partial charge in [0.15, 0.2) is 0 Å². The number of nitrogens with two attached hydrogens (primary N) is 1. The highest BCUT2D eigenvalue weighted by Crippen LogP contribution is 2.22. The van der Waals surface area contributed by atoms with Gasteiger partial charge in [0.25, 0.3) is 0 Å². The zero-order chi connectivity index (χ0) is 13.2. The Kier molecular flexibility index (Phi) is 3.05. The van der Waals surface area contributed by atoms with Crippen molar-refractivity contribution in [3.63, 3.8) is 0 Å². The van der Waals surface area contributed by atoms with E-state index >= 15 is 0 Å². The maximum Gasteiger partial charge on any atom is 0.0935 e. The highest BCUT2D eigenvalue weighted by atomic mass is 16.3. The van der Waals surface area contributed by atoms with E-state index in [0.717, 1.165) is 23.2 Å². The predicted octanol–water partition coefficient (Wildman–Crippen LogP) is 3.38. The molecule has 0 aliphatic heterocycles. The van der Waals surface area contributed by atoms with Crippen LogP contribution in [-0.4, -0.2) is 4.98 Å². The predicted molar refractivity (Wildman–Crippen MR) is 75.8 cm³/mol. The summed E-state index contributed by atoms with van der Waals surface area (Å²) in [6.07, 6.45) is 4.14. The van der Waals surface area contributed by atoms with Crippen LogP contribution in [0.1, 0.15) is 22.9 Å². The van der Waals surface area contributed by atoms with Crippen LogP contribution in [0.15, 0.2) is 53.3 Å². The molecule has 0 radical (unpaired) electrons. The fourth-order valence-corrected chi connectivity index (χ4v) is 2.33. The second-order valence-electron chi connectivity index (χ2n) is 4.82. The first-order valence-corrected chi connectivity index (χ1v) is 6.37. The first kappa shape index (κ1) is 11.9. The van der Waals surface area contributed by atoms with Crippen LogP contribution in [0, 0.1) is 6.92 Å². The number of aromatic nitrogens is 1. The number of fused-ring (bicyclic) bond motifs is 1. The van der Waals surface area contributed by atoms with Gasteiger partial charge in [-0.1, -0.05) is 18.2 Å². The van der Waals surface area contributed by atoms with Crippen LogP contribution >= 0.6 is 0 Å². The molecular weight excluding hydrogens is 236 g/mol. The minimum absolute atomic E-state index is 0.110.